The number of nitriles is 1. The van der Waals surface area contributed by atoms with E-state index >= 15 is 0 Å². The van der Waals surface area contributed by atoms with Crippen LogP contribution in [0.4, 0.5) is 4.79 Å². The molecule has 0 aliphatic carbocycles. The predicted molar refractivity (Wildman–Crippen MR) is 87.3 cm³/mol. The van der Waals surface area contributed by atoms with Gasteiger partial charge in [0.05, 0.1) is 29.7 Å². The Morgan fingerprint density at radius 3 is 2.88 bits per heavy atom. The number of H-pyrrole nitrogens is 1. The highest BCUT2D eigenvalue weighted by atomic mass is 16.4. The van der Waals surface area contributed by atoms with Gasteiger partial charge in [0.15, 0.2) is 0 Å². The number of carboxylic acid groups (broad SMARTS) is 1. The lowest BCUT2D eigenvalue weighted by atomic mass is 10.0. The van der Waals surface area contributed by atoms with E-state index in [0.29, 0.717) is 18.7 Å². The van der Waals surface area contributed by atoms with Gasteiger partial charge in [-0.15, -0.1) is 0 Å². The fourth-order valence-corrected chi connectivity index (χ4v) is 3.02. The van der Waals surface area contributed by atoms with Crippen LogP contribution in [0.3, 0.4) is 0 Å². The molecule has 1 fully saturated rings. The lowest BCUT2D eigenvalue weighted by molar-refractivity contribution is 0.154. The van der Waals surface area contributed by atoms with E-state index < -0.39 is 6.09 Å². The van der Waals surface area contributed by atoms with E-state index in [1.54, 1.807) is 24.7 Å². The summed E-state index contributed by atoms with van der Waals surface area (Å²) in [6, 6.07) is 9.75. The second-order valence-electron chi connectivity index (χ2n) is 5.95. The molecule has 2 unspecified atom stereocenters. The van der Waals surface area contributed by atoms with Crippen LogP contribution in [0.25, 0.3) is 0 Å². The molecule has 124 valence electrons. The molecule has 1 aromatic heterocycles. The third-order valence-electron chi connectivity index (χ3n) is 4.31. The number of likely N-dealkylation sites (tertiary alicyclic amines) is 1. The number of amides is 1. The second-order valence-corrected chi connectivity index (χ2v) is 5.95. The summed E-state index contributed by atoms with van der Waals surface area (Å²) < 4.78 is 0. The summed E-state index contributed by atoms with van der Waals surface area (Å²) >= 11 is 0. The Balaban J connectivity index is 1.70. The van der Waals surface area contributed by atoms with Gasteiger partial charge in [-0.1, -0.05) is 12.1 Å². The van der Waals surface area contributed by atoms with Crippen LogP contribution in [-0.4, -0.2) is 45.2 Å². The second kappa shape index (κ2) is 7.15. The Bertz CT molecular complexity index is 720. The highest BCUT2D eigenvalue weighted by molar-refractivity contribution is 5.65. The van der Waals surface area contributed by atoms with Gasteiger partial charge in [0.25, 0.3) is 0 Å². The molecular formula is C17H19N5O2. The van der Waals surface area contributed by atoms with Crippen LogP contribution in [0.1, 0.15) is 29.3 Å². The molecule has 3 N–H and O–H groups in total. The van der Waals surface area contributed by atoms with Crippen molar-refractivity contribution < 1.29 is 9.90 Å². The van der Waals surface area contributed by atoms with E-state index in [9.17, 15) is 4.79 Å². The quantitative estimate of drug-likeness (QED) is 0.779. The van der Waals surface area contributed by atoms with E-state index in [0.717, 1.165) is 24.1 Å². The zero-order valence-corrected chi connectivity index (χ0v) is 13.1. The number of aromatic nitrogens is 2. The van der Waals surface area contributed by atoms with Crippen molar-refractivity contribution in [3.63, 3.8) is 0 Å². The summed E-state index contributed by atoms with van der Waals surface area (Å²) in [5.41, 5.74) is 2.71. The molecule has 1 aliphatic rings. The summed E-state index contributed by atoms with van der Waals surface area (Å²) in [7, 11) is 0. The molecule has 1 amide bonds. The van der Waals surface area contributed by atoms with Crippen molar-refractivity contribution in [2.24, 2.45) is 0 Å². The third kappa shape index (κ3) is 3.73. The van der Waals surface area contributed by atoms with E-state index in [1.807, 2.05) is 12.1 Å². The molecule has 7 nitrogen and oxygen atoms in total. The first-order valence-electron chi connectivity index (χ1n) is 7.87. The molecule has 0 saturated carbocycles. The molecule has 1 aliphatic heterocycles. The maximum absolute atomic E-state index is 11.1. The summed E-state index contributed by atoms with van der Waals surface area (Å²) in [6.07, 6.45) is 4.08. The average molecular weight is 325 g/mol. The van der Waals surface area contributed by atoms with Crippen molar-refractivity contribution in [1.29, 1.82) is 5.26 Å². The van der Waals surface area contributed by atoms with Gasteiger partial charge in [-0.05, 0) is 30.5 Å². The maximum Gasteiger partial charge on any atom is 0.407 e. The minimum Gasteiger partial charge on any atom is -0.465 e. The van der Waals surface area contributed by atoms with Crippen molar-refractivity contribution >= 4 is 6.09 Å². The Kier molecular flexibility index (Phi) is 4.77. The molecule has 0 bridgehead atoms. The van der Waals surface area contributed by atoms with E-state index in [4.69, 9.17) is 10.4 Å². The number of nitrogens with one attached hydrogen (secondary N) is 2. The lowest BCUT2D eigenvalue weighted by Gasteiger charge is -2.22. The van der Waals surface area contributed by atoms with Crippen molar-refractivity contribution in [3.05, 3.63) is 53.6 Å². The summed E-state index contributed by atoms with van der Waals surface area (Å²) in [5, 5.41) is 21.5. The van der Waals surface area contributed by atoms with Gasteiger partial charge in [-0.3, -0.25) is 0 Å². The number of aromatic amines is 1. The molecule has 2 aromatic rings. The molecule has 7 heteroatoms. The van der Waals surface area contributed by atoms with Crippen LogP contribution in [0, 0.1) is 11.3 Å². The number of nitrogens with zero attached hydrogens (tertiary/aromatic N) is 3. The Labute approximate surface area is 139 Å². The van der Waals surface area contributed by atoms with Crippen molar-refractivity contribution in [1.82, 2.24) is 20.2 Å². The molecular weight excluding hydrogens is 306 g/mol. The smallest absolute Gasteiger partial charge is 0.407 e. The van der Waals surface area contributed by atoms with Crippen LogP contribution >= 0.6 is 0 Å². The maximum atomic E-state index is 11.1. The van der Waals surface area contributed by atoms with Gasteiger partial charge in [-0.25, -0.2) is 9.78 Å². The third-order valence-corrected chi connectivity index (χ3v) is 4.31. The average Bonchev–Trinajstić information content (AvgIpc) is 3.27. The van der Waals surface area contributed by atoms with Crippen LogP contribution in [0.2, 0.25) is 0 Å². The lowest BCUT2D eigenvalue weighted by Crippen LogP contribution is -2.37. The first-order chi connectivity index (χ1) is 11.7. The normalized spacial score (nSPS) is 18.3. The topological polar surface area (TPSA) is 105 Å². The molecule has 0 spiro atoms. The molecule has 0 radical (unpaired) electrons. The number of imidazole rings is 1. The zero-order chi connectivity index (χ0) is 16.9. The fraction of sp³-hybridized carbons (Fsp3) is 0.353. The Morgan fingerprint density at radius 2 is 2.29 bits per heavy atom. The molecule has 2 heterocycles. The van der Waals surface area contributed by atoms with Gasteiger partial charge in [0.2, 0.25) is 0 Å². The van der Waals surface area contributed by atoms with Crippen molar-refractivity contribution in [2.75, 3.05) is 13.1 Å². The molecule has 3 rings (SSSR count). The first kappa shape index (κ1) is 16.0. The van der Waals surface area contributed by atoms with Crippen molar-refractivity contribution in [3.8, 4) is 6.07 Å². The monoisotopic (exact) mass is 325 g/mol. The van der Waals surface area contributed by atoms with Gasteiger partial charge in [0, 0.05) is 25.3 Å². The van der Waals surface area contributed by atoms with Gasteiger partial charge in [0.1, 0.15) is 0 Å². The highest BCUT2D eigenvalue weighted by Gasteiger charge is 2.28. The number of hydrogen-bond donors (Lipinski definition) is 3. The van der Waals surface area contributed by atoms with Crippen LogP contribution in [0.5, 0.6) is 0 Å². The Morgan fingerprint density at radius 1 is 1.50 bits per heavy atom. The van der Waals surface area contributed by atoms with E-state index in [2.05, 4.69) is 21.4 Å². The van der Waals surface area contributed by atoms with Crippen LogP contribution < -0.4 is 5.32 Å². The van der Waals surface area contributed by atoms with E-state index in [-0.39, 0.29) is 12.1 Å². The van der Waals surface area contributed by atoms with Gasteiger partial charge >= 0.3 is 6.09 Å². The number of carbonyl (C=O) groups is 1. The SMILES string of the molecule is N#Cc1ccc(CC(NC2CCN(C(=O)O)C2)c2cnc[nH]2)cc1. The summed E-state index contributed by atoms with van der Waals surface area (Å²) in [4.78, 5) is 19.7. The molecule has 24 heavy (non-hydrogen) atoms. The van der Waals surface area contributed by atoms with Crippen LogP contribution in [0.15, 0.2) is 36.8 Å². The fourth-order valence-electron chi connectivity index (χ4n) is 3.02. The van der Waals surface area contributed by atoms with Gasteiger partial charge < -0.3 is 20.3 Å². The van der Waals surface area contributed by atoms with Crippen molar-refractivity contribution in [2.45, 2.75) is 24.9 Å². The molecule has 1 saturated heterocycles. The molecule has 2 atom stereocenters. The summed E-state index contributed by atoms with van der Waals surface area (Å²) in [6.45, 7) is 1.05. The standard InChI is InChI=1S/C17H19N5O2/c18-8-13-3-1-12(2-4-13)7-15(16-9-19-11-20-16)21-14-5-6-22(10-14)17(23)24/h1-4,9,11,14-15,21H,5-7,10H2,(H,19,20)(H,23,24). The number of benzene rings is 1. The largest absolute Gasteiger partial charge is 0.465 e. The molecule has 1 aromatic carbocycles. The first-order valence-corrected chi connectivity index (χ1v) is 7.87. The van der Waals surface area contributed by atoms with Gasteiger partial charge in [-0.2, -0.15) is 5.26 Å². The minimum absolute atomic E-state index is 0.0131. The number of rotatable bonds is 5. The number of hydrogen-bond acceptors (Lipinski definition) is 4. The Hall–Kier alpha value is -2.85. The predicted octanol–water partition coefficient (Wildman–Crippen LogP) is 1.91. The summed E-state index contributed by atoms with van der Waals surface area (Å²) in [5.74, 6) is 0. The minimum atomic E-state index is -0.871. The van der Waals surface area contributed by atoms with Crippen LogP contribution in [-0.2, 0) is 6.42 Å². The highest BCUT2D eigenvalue weighted by Crippen LogP contribution is 2.20. The van der Waals surface area contributed by atoms with E-state index in [1.165, 1.54) is 4.90 Å². The zero-order valence-electron chi connectivity index (χ0n) is 13.1.